The molecule has 0 bridgehead atoms. The van der Waals surface area contributed by atoms with Gasteiger partial charge >= 0.3 is 0 Å². The van der Waals surface area contributed by atoms with Gasteiger partial charge in [-0.15, -0.1) is 0 Å². The van der Waals surface area contributed by atoms with Crippen LogP contribution in [0.25, 0.3) is 11.1 Å². The van der Waals surface area contributed by atoms with Gasteiger partial charge in [0.1, 0.15) is 11.6 Å². The number of rotatable bonds is 4. The number of nitrogens with two attached hydrogens (primary N) is 1. The van der Waals surface area contributed by atoms with E-state index < -0.39 is 5.82 Å². The Morgan fingerprint density at radius 2 is 2.24 bits per heavy atom. The van der Waals surface area contributed by atoms with E-state index in [0.717, 1.165) is 19.3 Å². The molecule has 1 heterocycles. The molecule has 1 saturated carbocycles. The van der Waals surface area contributed by atoms with Crippen LogP contribution in [-0.2, 0) is 11.2 Å². The topological polar surface area (TPSA) is 61.3 Å². The van der Waals surface area contributed by atoms with E-state index in [4.69, 9.17) is 26.6 Å². The van der Waals surface area contributed by atoms with Crippen molar-refractivity contribution in [1.29, 1.82) is 0 Å². The molecule has 1 fully saturated rings. The second-order valence-corrected chi connectivity index (χ2v) is 5.79. The minimum absolute atomic E-state index is 0.0455. The first kappa shape index (κ1) is 14.4. The monoisotopic (exact) mass is 310 g/mol. The number of benzene rings is 1. The highest BCUT2D eigenvalue weighted by atomic mass is 35.5. The number of hydrogen-bond donors (Lipinski definition) is 1. The maximum Gasteiger partial charge on any atom is 0.175 e. The molecule has 1 aliphatic rings. The number of aromatic nitrogens is 1. The third-order valence-corrected chi connectivity index (χ3v) is 4.48. The molecule has 112 valence electrons. The molecule has 1 aromatic heterocycles. The van der Waals surface area contributed by atoms with Gasteiger partial charge in [-0.1, -0.05) is 28.9 Å². The fourth-order valence-corrected chi connectivity index (χ4v) is 2.94. The first-order chi connectivity index (χ1) is 10.1. The summed E-state index contributed by atoms with van der Waals surface area (Å²) < 4.78 is 25.1. The highest BCUT2D eigenvalue weighted by molar-refractivity contribution is 6.31. The minimum atomic E-state index is -0.518. The van der Waals surface area contributed by atoms with Crippen molar-refractivity contribution in [2.45, 2.75) is 31.3 Å². The maximum atomic E-state index is 14.2. The van der Waals surface area contributed by atoms with Gasteiger partial charge in [-0.05, 0) is 25.3 Å². The van der Waals surface area contributed by atoms with E-state index in [0.29, 0.717) is 23.3 Å². The van der Waals surface area contributed by atoms with Crippen molar-refractivity contribution < 1.29 is 13.7 Å². The van der Waals surface area contributed by atoms with Crippen molar-refractivity contribution in [1.82, 2.24) is 5.16 Å². The first-order valence-corrected chi connectivity index (χ1v) is 7.18. The van der Waals surface area contributed by atoms with Crippen LogP contribution < -0.4 is 5.73 Å². The van der Waals surface area contributed by atoms with Crippen LogP contribution in [0.1, 0.15) is 25.0 Å². The van der Waals surface area contributed by atoms with Gasteiger partial charge in [-0.3, -0.25) is 0 Å². The Hall–Kier alpha value is -1.59. The molecule has 0 radical (unpaired) electrons. The number of methoxy groups -OCH3 is 1. The lowest BCUT2D eigenvalue weighted by Gasteiger charge is -2.39. The van der Waals surface area contributed by atoms with Crippen molar-refractivity contribution in [2.75, 3.05) is 12.8 Å². The van der Waals surface area contributed by atoms with Gasteiger partial charge in [0.2, 0.25) is 0 Å². The summed E-state index contributed by atoms with van der Waals surface area (Å²) in [4.78, 5) is 0. The van der Waals surface area contributed by atoms with Crippen molar-refractivity contribution in [3.8, 4) is 11.1 Å². The van der Waals surface area contributed by atoms with Gasteiger partial charge in [-0.2, -0.15) is 0 Å². The van der Waals surface area contributed by atoms with Gasteiger partial charge in [0, 0.05) is 19.1 Å². The number of halogens is 2. The Labute approximate surface area is 127 Å². The first-order valence-electron chi connectivity index (χ1n) is 6.80. The standard InChI is InChI=1S/C15H16ClFN2O2/c1-20-15(6-3-7-15)8-11-12(14(18)19-21-11)9-4-2-5-10(16)13(9)17/h2,4-5H,3,6-8H2,1H3,(H2,18,19). The Morgan fingerprint density at radius 1 is 1.48 bits per heavy atom. The summed E-state index contributed by atoms with van der Waals surface area (Å²) in [6.07, 6.45) is 3.52. The maximum absolute atomic E-state index is 14.2. The molecular formula is C15H16ClFN2O2. The zero-order chi connectivity index (χ0) is 15.0. The Balaban J connectivity index is 2.03. The average Bonchev–Trinajstić information content (AvgIpc) is 2.78. The van der Waals surface area contributed by atoms with E-state index >= 15 is 0 Å². The molecule has 1 aliphatic carbocycles. The largest absolute Gasteiger partial charge is 0.380 e. The van der Waals surface area contributed by atoms with Gasteiger partial charge in [0.15, 0.2) is 5.82 Å². The van der Waals surface area contributed by atoms with Crippen LogP contribution >= 0.6 is 11.6 Å². The second-order valence-electron chi connectivity index (χ2n) is 5.38. The summed E-state index contributed by atoms with van der Waals surface area (Å²) in [5.74, 6) is 0.183. The predicted octanol–water partition coefficient (Wildman–Crippen LogP) is 3.83. The highest BCUT2D eigenvalue weighted by Gasteiger charge is 2.39. The molecule has 4 nitrogen and oxygen atoms in total. The molecular weight excluding hydrogens is 295 g/mol. The van der Waals surface area contributed by atoms with Gasteiger partial charge in [0.05, 0.1) is 16.2 Å². The Kier molecular flexibility index (Phi) is 3.63. The highest BCUT2D eigenvalue weighted by Crippen LogP contribution is 2.42. The Morgan fingerprint density at radius 3 is 2.86 bits per heavy atom. The molecule has 0 aliphatic heterocycles. The zero-order valence-corrected chi connectivity index (χ0v) is 12.4. The summed E-state index contributed by atoms with van der Waals surface area (Å²) in [7, 11) is 1.68. The van der Waals surface area contributed by atoms with Crippen LogP contribution in [0, 0.1) is 5.82 Å². The lowest BCUT2D eigenvalue weighted by Crippen LogP contribution is -2.41. The average molecular weight is 311 g/mol. The van der Waals surface area contributed by atoms with E-state index in [1.807, 2.05) is 0 Å². The van der Waals surface area contributed by atoms with Crippen molar-refractivity contribution >= 4 is 17.4 Å². The van der Waals surface area contributed by atoms with Crippen LogP contribution in [0.4, 0.5) is 10.2 Å². The molecule has 6 heteroatoms. The third kappa shape index (κ3) is 2.40. The fraction of sp³-hybridized carbons (Fsp3) is 0.400. The number of nitrogens with zero attached hydrogens (tertiary/aromatic N) is 1. The molecule has 3 rings (SSSR count). The van der Waals surface area contributed by atoms with Crippen molar-refractivity contribution in [3.05, 3.63) is 34.8 Å². The number of anilines is 1. The predicted molar refractivity (Wildman–Crippen MR) is 78.6 cm³/mol. The zero-order valence-electron chi connectivity index (χ0n) is 11.7. The number of nitrogen functional groups attached to an aromatic ring is 1. The molecule has 0 unspecified atom stereocenters. The van der Waals surface area contributed by atoms with E-state index in [-0.39, 0.29) is 16.4 Å². The minimum Gasteiger partial charge on any atom is -0.380 e. The number of hydrogen-bond acceptors (Lipinski definition) is 4. The summed E-state index contributed by atoms with van der Waals surface area (Å²) in [5, 5.41) is 3.82. The van der Waals surface area contributed by atoms with E-state index in [1.165, 1.54) is 6.07 Å². The molecule has 2 N–H and O–H groups in total. The summed E-state index contributed by atoms with van der Waals surface area (Å²) in [6.45, 7) is 0. The number of ether oxygens (including phenoxy) is 1. The van der Waals surface area contributed by atoms with Crippen LogP contribution in [-0.4, -0.2) is 17.9 Å². The lowest BCUT2D eigenvalue weighted by atomic mass is 9.76. The quantitative estimate of drug-likeness (QED) is 0.932. The van der Waals surface area contributed by atoms with Crippen LogP contribution in [0.3, 0.4) is 0 Å². The van der Waals surface area contributed by atoms with Crippen LogP contribution in [0.5, 0.6) is 0 Å². The van der Waals surface area contributed by atoms with Gasteiger partial charge in [-0.25, -0.2) is 4.39 Å². The van der Waals surface area contributed by atoms with Crippen molar-refractivity contribution in [3.63, 3.8) is 0 Å². The van der Waals surface area contributed by atoms with E-state index in [1.54, 1.807) is 19.2 Å². The summed E-state index contributed by atoms with van der Waals surface area (Å²) in [5.41, 5.74) is 6.38. The third-order valence-electron chi connectivity index (χ3n) is 4.19. The SMILES string of the molecule is COC1(Cc2onc(N)c2-c2cccc(Cl)c2F)CCC1. The second kappa shape index (κ2) is 5.31. The van der Waals surface area contributed by atoms with Crippen molar-refractivity contribution in [2.24, 2.45) is 0 Å². The molecule has 0 saturated heterocycles. The normalized spacial score (nSPS) is 16.7. The fourth-order valence-electron chi connectivity index (χ4n) is 2.76. The molecule has 2 aromatic rings. The molecule has 0 atom stereocenters. The van der Waals surface area contributed by atoms with E-state index in [2.05, 4.69) is 5.16 Å². The van der Waals surface area contributed by atoms with Gasteiger partial charge in [0.25, 0.3) is 0 Å². The molecule has 0 spiro atoms. The van der Waals surface area contributed by atoms with Crippen LogP contribution in [0.15, 0.2) is 22.7 Å². The molecule has 1 aromatic carbocycles. The lowest BCUT2D eigenvalue weighted by molar-refractivity contribution is -0.0742. The smallest absolute Gasteiger partial charge is 0.175 e. The van der Waals surface area contributed by atoms with E-state index in [9.17, 15) is 4.39 Å². The van der Waals surface area contributed by atoms with Crippen LogP contribution in [0.2, 0.25) is 5.02 Å². The Bertz CT molecular complexity index is 662. The summed E-state index contributed by atoms with van der Waals surface area (Å²) >= 11 is 5.84. The molecule has 21 heavy (non-hydrogen) atoms. The summed E-state index contributed by atoms with van der Waals surface area (Å²) in [6, 6.07) is 4.78. The molecule has 0 amide bonds. The van der Waals surface area contributed by atoms with Gasteiger partial charge < -0.3 is 15.0 Å².